The lowest BCUT2D eigenvalue weighted by Crippen LogP contribution is -2.31. The monoisotopic (exact) mass is 321 g/mol. The minimum absolute atomic E-state index is 0.0399. The van der Waals surface area contributed by atoms with Crippen LogP contribution in [0.4, 0.5) is 0 Å². The summed E-state index contributed by atoms with van der Waals surface area (Å²) >= 11 is 0. The Hall–Kier alpha value is -2.46. The molecule has 0 radical (unpaired) electrons. The molecule has 3 aromatic rings. The molecule has 1 heterocycles. The van der Waals surface area contributed by atoms with Gasteiger partial charge in [0.25, 0.3) is 5.56 Å². The summed E-state index contributed by atoms with van der Waals surface area (Å²) in [7, 11) is 0. The van der Waals surface area contributed by atoms with E-state index in [0.717, 1.165) is 24.3 Å². The Morgan fingerprint density at radius 2 is 1.75 bits per heavy atom. The molecule has 0 saturated heterocycles. The number of benzene rings is 2. The minimum Gasteiger partial charge on any atom is -0.303 e. The molecule has 1 N–H and O–H groups in total. The molecule has 1 atom stereocenters. The lowest BCUT2D eigenvalue weighted by Gasteiger charge is -2.21. The zero-order valence-corrected chi connectivity index (χ0v) is 14.2. The first-order valence-corrected chi connectivity index (χ1v) is 8.51. The molecule has 0 fully saturated rings. The molecule has 124 valence electrons. The molecule has 4 nitrogen and oxygen atoms in total. The molecule has 0 amide bonds. The van der Waals surface area contributed by atoms with Gasteiger partial charge in [-0.25, -0.2) is 4.98 Å². The summed E-state index contributed by atoms with van der Waals surface area (Å²) in [6.45, 7) is 5.48. The number of para-hydroxylation sites is 1. The van der Waals surface area contributed by atoms with E-state index < -0.39 is 0 Å². The van der Waals surface area contributed by atoms with E-state index in [2.05, 4.69) is 24.4 Å². The quantitative estimate of drug-likeness (QED) is 0.754. The van der Waals surface area contributed by atoms with Crippen molar-refractivity contribution in [1.29, 1.82) is 0 Å². The highest BCUT2D eigenvalue weighted by Gasteiger charge is 2.17. The van der Waals surface area contributed by atoms with E-state index in [9.17, 15) is 4.79 Å². The van der Waals surface area contributed by atoms with Gasteiger partial charge in [0.15, 0.2) is 0 Å². The average Bonchev–Trinajstić information content (AvgIpc) is 2.63. The maximum Gasteiger partial charge on any atom is 0.261 e. The van der Waals surface area contributed by atoms with Crippen LogP contribution in [0, 0.1) is 0 Å². The first-order valence-electron chi connectivity index (χ1n) is 8.51. The van der Waals surface area contributed by atoms with Gasteiger partial charge in [-0.3, -0.25) is 9.36 Å². The second kappa shape index (κ2) is 7.41. The van der Waals surface area contributed by atoms with Gasteiger partial charge in [0.2, 0.25) is 0 Å². The summed E-state index contributed by atoms with van der Waals surface area (Å²) in [6.07, 6.45) is 0.873. The summed E-state index contributed by atoms with van der Waals surface area (Å²) in [4.78, 5) is 17.6. The van der Waals surface area contributed by atoms with Gasteiger partial charge in [-0.05, 0) is 31.0 Å². The van der Waals surface area contributed by atoms with Crippen molar-refractivity contribution in [3.8, 4) is 0 Å². The lowest BCUT2D eigenvalue weighted by atomic mass is 10.1. The molecule has 0 aliphatic carbocycles. The fourth-order valence-corrected chi connectivity index (χ4v) is 3.01. The Balaban J connectivity index is 1.97. The van der Waals surface area contributed by atoms with Crippen molar-refractivity contribution in [2.24, 2.45) is 0 Å². The molecular formula is C20H23N3O. The van der Waals surface area contributed by atoms with Crippen molar-refractivity contribution in [1.82, 2.24) is 14.9 Å². The smallest absolute Gasteiger partial charge is 0.261 e. The van der Waals surface area contributed by atoms with Crippen LogP contribution in [0.15, 0.2) is 59.4 Å². The van der Waals surface area contributed by atoms with Crippen LogP contribution in [0.3, 0.4) is 0 Å². The largest absolute Gasteiger partial charge is 0.303 e. The third kappa shape index (κ3) is 3.24. The van der Waals surface area contributed by atoms with Crippen molar-refractivity contribution in [3.63, 3.8) is 0 Å². The van der Waals surface area contributed by atoms with Gasteiger partial charge in [0, 0.05) is 13.1 Å². The van der Waals surface area contributed by atoms with E-state index in [1.807, 2.05) is 49.4 Å². The molecule has 4 heteroatoms. The van der Waals surface area contributed by atoms with Gasteiger partial charge < -0.3 is 5.32 Å². The first kappa shape index (κ1) is 16.4. The van der Waals surface area contributed by atoms with Crippen LogP contribution in [0.5, 0.6) is 0 Å². The fraction of sp³-hybridized carbons (Fsp3) is 0.300. The lowest BCUT2D eigenvalue weighted by molar-refractivity contribution is 0.462. The molecule has 0 aliphatic heterocycles. The number of hydrogen-bond acceptors (Lipinski definition) is 3. The standard InChI is InChI=1S/C20H23N3O/c1-3-17(21-14-15-10-6-5-7-11-15)19-22-18-13-9-8-12-16(18)20(24)23(19)4-2/h5-13,17,21H,3-4,14H2,1-2H3/t17-/m1/s1. The van der Waals surface area contributed by atoms with Crippen LogP contribution in [0.2, 0.25) is 0 Å². The Morgan fingerprint density at radius 3 is 2.46 bits per heavy atom. The predicted octanol–water partition coefficient (Wildman–Crippen LogP) is 3.66. The summed E-state index contributed by atoms with van der Waals surface area (Å²) in [5.41, 5.74) is 2.03. The molecule has 0 unspecified atom stereocenters. The maximum atomic E-state index is 12.8. The van der Waals surface area contributed by atoms with Gasteiger partial charge in [-0.2, -0.15) is 0 Å². The van der Waals surface area contributed by atoms with Crippen LogP contribution in [-0.2, 0) is 13.1 Å². The number of nitrogens with one attached hydrogen (secondary N) is 1. The SMILES string of the molecule is CC[C@@H](NCc1ccccc1)c1nc2ccccc2c(=O)n1CC. The Kier molecular flexibility index (Phi) is 5.06. The van der Waals surface area contributed by atoms with Gasteiger partial charge in [-0.15, -0.1) is 0 Å². The van der Waals surface area contributed by atoms with E-state index >= 15 is 0 Å². The highest BCUT2D eigenvalue weighted by molar-refractivity contribution is 5.77. The van der Waals surface area contributed by atoms with Crippen LogP contribution >= 0.6 is 0 Å². The van der Waals surface area contributed by atoms with E-state index in [-0.39, 0.29) is 11.6 Å². The zero-order chi connectivity index (χ0) is 16.9. The summed E-state index contributed by atoms with van der Waals surface area (Å²) in [5, 5.41) is 4.23. The molecule has 0 saturated carbocycles. The van der Waals surface area contributed by atoms with Crippen LogP contribution in [-0.4, -0.2) is 9.55 Å². The topological polar surface area (TPSA) is 46.9 Å². The molecule has 3 rings (SSSR count). The molecule has 1 aromatic heterocycles. The van der Waals surface area contributed by atoms with Crippen molar-refractivity contribution < 1.29 is 0 Å². The normalized spacial score (nSPS) is 12.4. The fourth-order valence-electron chi connectivity index (χ4n) is 3.01. The number of hydrogen-bond donors (Lipinski definition) is 1. The molecule has 2 aromatic carbocycles. The molecular weight excluding hydrogens is 298 g/mol. The second-order valence-corrected chi connectivity index (χ2v) is 5.86. The Bertz CT molecular complexity index is 871. The predicted molar refractivity (Wildman–Crippen MR) is 98.0 cm³/mol. The third-order valence-corrected chi connectivity index (χ3v) is 4.32. The van der Waals surface area contributed by atoms with Crippen LogP contribution in [0.1, 0.15) is 37.7 Å². The van der Waals surface area contributed by atoms with E-state index in [1.54, 1.807) is 4.57 Å². The van der Waals surface area contributed by atoms with Gasteiger partial charge in [-0.1, -0.05) is 49.4 Å². The van der Waals surface area contributed by atoms with E-state index in [4.69, 9.17) is 4.98 Å². The highest BCUT2D eigenvalue weighted by Crippen LogP contribution is 2.17. The van der Waals surface area contributed by atoms with Gasteiger partial charge in [0.1, 0.15) is 5.82 Å². The van der Waals surface area contributed by atoms with Crippen molar-refractivity contribution in [3.05, 3.63) is 76.3 Å². The Morgan fingerprint density at radius 1 is 1.04 bits per heavy atom. The van der Waals surface area contributed by atoms with Crippen molar-refractivity contribution >= 4 is 10.9 Å². The summed E-state index contributed by atoms with van der Waals surface area (Å²) < 4.78 is 1.79. The average molecular weight is 321 g/mol. The molecule has 24 heavy (non-hydrogen) atoms. The van der Waals surface area contributed by atoms with Gasteiger partial charge in [0.05, 0.1) is 16.9 Å². The van der Waals surface area contributed by atoms with Crippen molar-refractivity contribution in [2.75, 3.05) is 0 Å². The van der Waals surface area contributed by atoms with E-state index in [1.165, 1.54) is 5.56 Å². The van der Waals surface area contributed by atoms with Crippen molar-refractivity contribution in [2.45, 2.75) is 39.4 Å². The van der Waals surface area contributed by atoms with E-state index in [0.29, 0.717) is 11.9 Å². The number of fused-ring (bicyclic) bond motifs is 1. The highest BCUT2D eigenvalue weighted by atomic mass is 16.1. The van der Waals surface area contributed by atoms with Gasteiger partial charge >= 0.3 is 0 Å². The third-order valence-electron chi connectivity index (χ3n) is 4.32. The molecule has 0 spiro atoms. The summed E-state index contributed by atoms with van der Waals surface area (Å²) in [6, 6.07) is 17.9. The number of aromatic nitrogens is 2. The molecule has 0 aliphatic rings. The van der Waals surface area contributed by atoms with Crippen LogP contribution in [0.25, 0.3) is 10.9 Å². The minimum atomic E-state index is 0.0399. The number of nitrogens with zero attached hydrogens (tertiary/aromatic N) is 2. The number of rotatable bonds is 6. The zero-order valence-electron chi connectivity index (χ0n) is 14.2. The molecule has 0 bridgehead atoms. The Labute approximate surface area is 142 Å². The second-order valence-electron chi connectivity index (χ2n) is 5.86. The maximum absolute atomic E-state index is 12.8. The summed E-state index contributed by atoms with van der Waals surface area (Å²) in [5.74, 6) is 0.819. The van der Waals surface area contributed by atoms with Crippen LogP contribution < -0.4 is 10.9 Å². The first-order chi connectivity index (χ1) is 11.7.